The van der Waals surface area contributed by atoms with Gasteiger partial charge in [0, 0.05) is 40.3 Å². The van der Waals surface area contributed by atoms with Gasteiger partial charge in [-0.1, -0.05) is 20.8 Å². The molecule has 116 valence electrons. The molecule has 1 aromatic rings. The van der Waals surface area contributed by atoms with Crippen molar-refractivity contribution in [2.24, 2.45) is 11.1 Å². The van der Waals surface area contributed by atoms with Crippen molar-refractivity contribution in [3.63, 3.8) is 0 Å². The number of nitrogens with zero attached hydrogens (tertiary/aromatic N) is 2. The number of thioether (sulfide) groups is 2. The predicted octanol–water partition coefficient (Wildman–Crippen LogP) is 3.75. The molecule has 1 saturated heterocycles. The Kier molecular flexibility index (Phi) is 4.53. The van der Waals surface area contributed by atoms with E-state index in [2.05, 4.69) is 37.5 Å². The van der Waals surface area contributed by atoms with Gasteiger partial charge in [-0.15, -0.1) is 11.8 Å². The lowest BCUT2D eigenvalue weighted by molar-refractivity contribution is 0.277. The molecule has 0 saturated carbocycles. The molecule has 3 unspecified atom stereocenters. The summed E-state index contributed by atoms with van der Waals surface area (Å²) >= 11 is 4.10. The van der Waals surface area contributed by atoms with Crippen LogP contribution in [0.4, 0.5) is 0 Å². The van der Waals surface area contributed by atoms with Crippen LogP contribution in [-0.2, 0) is 6.42 Å². The molecule has 0 amide bonds. The summed E-state index contributed by atoms with van der Waals surface area (Å²) < 4.78 is 0. The van der Waals surface area contributed by atoms with Crippen LogP contribution in [0, 0.1) is 5.41 Å². The van der Waals surface area contributed by atoms with E-state index >= 15 is 0 Å². The van der Waals surface area contributed by atoms with E-state index in [-0.39, 0.29) is 11.5 Å². The molecule has 21 heavy (non-hydrogen) atoms. The smallest absolute Gasteiger partial charge is 0.142 e. The van der Waals surface area contributed by atoms with Crippen LogP contribution in [0.2, 0.25) is 0 Å². The summed E-state index contributed by atoms with van der Waals surface area (Å²) in [5.74, 6) is 3.49. The molecule has 0 bridgehead atoms. The predicted molar refractivity (Wildman–Crippen MR) is 92.8 cm³/mol. The van der Waals surface area contributed by atoms with Gasteiger partial charge in [0.15, 0.2) is 0 Å². The minimum atomic E-state index is 0.0909. The van der Waals surface area contributed by atoms with Gasteiger partial charge in [-0.25, -0.2) is 9.97 Å². The highest BCUT2D eigenvalue weighted by atomic mass is 32.2. The molecule has 1 fully saturated rings. The molecule has 2 aliphatic rings. The molecule has 1 aromatic heterocycles. The molecule has 0 radical (unpaired) electrons. The fourth-order valence-corrected chi connectivity index (χ4v) is 6.40. The molecular weight excluding hydrogens is 298 g/mol. The summed E-state index contributed by atoms with van der Waals surface area (Å²) in [5, 5.41) is 1.09. The van der Waals surface area contributed by atoms with Crippen molar-refractivity contribution in [1.82, 2.24) is 9.97 Å². The van der Waals surface area contributed by atoms with Crippen LogP contribution in [-0.4, -0.2) is 26.7 Å². The topological polar surface area (TPSA) is 51.8 Å². The molecule has 0 aromatic carbocycles. The zero-order valence-electron chi connectivity index (χ0n) is 13.1. The van der Waals surface area contributed by atoms with E-state index in [4.69, 9.17) is 10.7 Å². The Hall–Kier alpha value is -0.260. The first-order valence-corrected chi connectivity index (χ1v) is 9.94. The molecule has 1 aliphatic carbocycles. The van der Waals surface area contributed by atoms with Gasteiger partial charge in [-0.05, 0) is 24.7 Å². The second-order valence-corrected chi connectivity index (χ2v) is 9.49. The first kappa shape index (κ1) is 15.6. The fourth-order valence-electron chi connectivity index (χ4n) is 3.40. The SMILES string of the molecule is CCC1SCCSC1c1ncc2c(n1)CC(C)(C)CC2N. The van der Waals surface area contributed by atoms with Crippen LogP contribution in [0.5, 0.6) is 0 Å². The van der Waals surface area contributed by atoms with Crippen LogP contribution in [0.25, 0.3) is 0 Å². The maximum atomic E-state index is 6.31. The van der Waals surface area contributed by atoms with E-state index < -0.39 is 0 Å². The highest BCUT2D eigenvalue weighted by Gasteiger charge is 2.34. The normalized spacial score (nSPS) is 31.7. The molecule has 2 heterocycles. The van der Waals surface area contributed by atoms with Crippen molar-refractivity contribution >= 4 is 23.5 Å². The van der Waals surface area contributed by atoms with Crippen LogP contribution in [0.3, 0.4) is 0 Å². The largest absolute Gasteiger partial charge is 0.324 e. The third kappa shape index (κ3) is 3.25. The molecule has 2 N–H and O–H groups in total. The Bertz CT molecular complexity index is 518. The van der Waals surface area contributed by atoms with Crippen molar-refractivity contribution in [2.75, 3.05) is 11.5 Å². The Morgan fingerprint density at radius 1 is 1.33 bits per heavy atom. The molecule has 3 rings (SSSR count). The van der Waals surface area contributed by atoms with Gasteiger partial charge in [0.1, 0.15) is 5.82 Å². The molecule has 0 spiro atoms. The van der Waals surface area contributed by atoms with Crippen LogP contribution >= 0.6 is 23.5 Å². The van der Waals surface area contributed by atoms with E-state index in [1.165, 1.54) is 29.2 Å². The number of rotatable bonds is 2. The lowest BCUT2D eigenvalue weighted by atomic mass is 9.74. The second-order valence-electron chi connectivity index (χ2n) is 6.89. The summed E-state index contributed by atoms with van der Waals surface area (Å²) in [6.45, 7) is 6.85. The van der Waals surface area contributed by atoms with E-state index in [0.717, 1.165) is 18.7 Å². The minimum Gasteiger partial charge on any atom is -0.324 e. The van der Waals surface area contributed by atoms with E-state index in [1.54, 1.807) is 0 Å². The van der Waals surface area contributed by atoms with Gasteiger partial charge < -0.3 is 5.73 Å². The molecule has 1 aliphatic heterocycles. The van der Waals surface area contributed by atoms with Gasteiger partial charge in [0.05, 0.1) is 5.25 Å². The first-order valence-electron chi connectivity index (χ1n) is 7.84. The number of fused-ring (bicyclic) bond motifs is 1. The Labute approximate surface area is 136 Å². The summed E-state index contributed by atoms with van der Waals surface area (Å²) in [7, 11) is 0. The van der Waals surface area contributed by atoms with Crippen molar-refractivity contribution in [2.45, 2.75) is 56.6 Å². The third-order valence-electron chi connectivity index (χ3n) is 4.44. The van der Waals surface area contributed by atoms with Gasteiger partial charge in [0.25, 0.3) is 0 Å². The Morgan fingerprint density at radius 3 is 2.86 bits per heavy atom. The average Bonchev–Trinajstić information content (AvgIpc) is 2.45. The summed E-state index contributed by atoms with van der Waals surface area (Å²) in [4.78, 5) is 9.64. The molecule has 3 nitrogen and oxygen atoms in total. The Balaban J connectivity index is 1.92. The maximum Gasteiger partial charge on any atom is 0.142 e. The number of nitrogens with two attached hydrogens (primary N) is 1. The summed E-state index contributed by atoms with van der Waals surface area (Å²) in [5.41, 5.74) is 8.92. The van der Waals surface area contributed by atoms with Gasteiger partial charge >= 0.3 is 0 Å². The summed E-state index contributed by atoms with van der Waals surface area (Å²) in [6, 6.07) is 0.0909. The van der Waals surface area contributed by atoms with E-state index in [9.17, 15) is 0 Å². The van der Waals surface area contributed by atoms with E-state index in [1.807, 2.05) is 18.0 Å². The highest BCUT2D eigenvalue weighted by Crippen LogP contribution is 2.44. The van der Waals surface area contributed by atoms with Crippen molar-refractivity contribution in [1.29, 1.82) is 0 Å². The van der Waals surface area contributed by atoms with Crippen molar-refractivity contribution in [3.8, 4) is 0 Å². The average molecular weight is 324 g/mol. The molecule has 5 heteroatoms. The minimum absolute atomic E-state index is 0.0909. The summed E-state index contributed by atoms with van der Waals surface area (Å²) in [6.07, 6.45) is 5.24. The number of hydrogen-bond donors (Lipinski definition) is 1. The van der Waals surface area contributed by atoms with Gasteiger partial charge in [0.2, 0.25) is 0 Å². The number of hydrogen-bond acceptors (Lipinski definition) is 5. The Morgan fingerprint density at radius 2 is 2.10 bits per heavy atom. The fraction of sp³-hybridized carbons (Fsp3) is 0.750. The first-order chi connectivity index (χ1) is 10.00. The highest BCUT2D eigenvalue weighted by molar-refractivity contribution is 8.06. The zero-order valence-corrected chi connectivity index (χ0v) is 14.8. The van der Waals surface area contributed by atoms with Crippen LogP contribution in [0.15, 0.2) is 6.20 Å². The number of aromatic nitrogens is 2. The quantitative estimate of drug-likeness (QED) is 0.898. The monoisotopic (exact) mass is 323 g/mol. The second kappa shape index (κ2) is 6.09. The molecular formula is C16H25N3S2. The lowest BCUT2D eigenvalue weighted by Gasteiger charge is -2.35. The van der Waals surface area contributed by atoms with Crippen LogP contribution < -0.4 is 5.73 Å². The zero-order chi connectivity index (χ0) is 15.0. The molecule has 3 atom stereocenters. The lowest BCUT2D eigenvalue weighted by Crippen LogP contribution is -2.31. The third-order valence-corrected chi connectivity index (χ3v) is 7.69. The van der Waals surface area contributed by atoms with Crippen molar-refractivity contribution < 1.29 is 0 Å². The van der Waals surface area contributed by atoms with E-state index in [0.29, 0.717) is 10.5 Å². The van der Waals surface area contributed by atoms with Gasteiger partial charge in [-0.3, -0.25) is 0 Å². The standard InChI is InChI=1S/C16H25N3S2/c1-4-13-14(21-6-5-20-13)15-18-9-10-11(17)7-16(2,3)8-12(10)19-15/h9,11,13-14H,4-8,17H2,1-3H3. The van der Waals surface area contributed by atoms with Gasteiger partial charge in [-0.2, -0.15) is 11.8 Å². The van der Waals surface area contributed by atoms with Crippen LogP contribution in [0.1, 0.15) is 62.0 Å². The van der Waals surface area contributed by atoms with Crippen molar-refractivity contribution in [3.05, 3.63) is 23.3 Å². The maximum absolute atomic E-state index is 6.31.